The fourth-order valence-corrected chi connectivity index (χ4v) is 4.71. The van der Waals surface area contributed by atoms with Crippen molar-refractivity contribution in [2.45, 2.75) is 44.6 Å². The van der Waals surface area contributed by atoms with Gasteiger partial charge < -0.3 is 14.5 Å². The standard InChI is InChI=1S/C21H26F2N2O3/c1-28-17-4-2-15(3-5-17)13-25-14-20(12-18(25)26)6-8-24(9-7-20)19(27)16-10-21(22,23)11-16/h2-5,16H,6-14H2,1H3. The first kappa shape index (κ1) is 19.2. The molecule has 0 radical (unpaired) electrons. The van der Waals surface area contributed by atoms with Crippen LogP contribution in [-0.4, -0.2) is 54.3 Å². The summed E-state index contributed by atoms with van der Waals surface area (Å²) in [6, 6.07) is 7.71. The van der Waals surface area contributed by atoms with Gasteiger partial charge in [-0.25, -0.2) is 8.78 Å². The molecule has 0 unspecified atom stereocenters. The summed E-state index contributed by atoms with van der Waals surface area (Å²) in [5.41, 5.74) is 0.967. The third-order valence-electron chi connectivity index (χ3n) is 6.51. The van der Waals surface area contributed by atoms with Gasteiger partial charge in [-0.05, 0) is 30.5 Å². The molecule has 2 amide bonds. The zero-order valence-electron chi connectivity index (χ0n) is 16.1. The maximum absolute atomic E-state index is 13.0. The number of halogens is 2. The minimum atomic E-state index is -2.67. The smallest absolute Gasteiger partial charge is 0.249 e. The Labute approximate surface area is 163 Å². The van der Waals surface area contributed by atoms with Crippen LogP contribution in [0.5, 0.6) is 5.75 Å². The molecule has 0 bridgehead atoms. The lowest BCUT2D eigenvalue weighted by atomic mass is 9.76. The first-order chi connectivity index (χ1) is 13.3. The van der Waals surface area contributed by atoms with Crippen LogP contribution in [-0.2, 0) is 16.1 Å². The topological polar surface area (TPSA) is 49.9 Å². The Kier molecular flexibility index (Phi) is 4.79. The van der Waals surface area contributed by atoms with E-state index in [1.54, 1.807) is 12.0 Å². The fourth-order valence-electron chi connectivity index (χ4n) is 4.71. The van der Waals surface area contributed by atoms with Gasteiger partial charge >= 0.3 is 0 Å². The van der Waals surface area contributed by atoms with E-state index >= 15 is 0 Å². The van der Waals surface area contributed by atoms with Crippen molar-refractivity contribution in [3.8, 4) is 5.75 Å². The number of alkyl halides is 2. The molecule has 3 aliphatic rings. The van der Waals surface area contributed by atoms with Crippen molar-refractivity contribution < 1.29 is 23.1 Å². The first-order valence-electron chi connectivity index (χ1n) is 9.87. The highest BCUT2D eigenvalue weighted by atomic mass is 19.3. The van der Waals surface area contributed by atoms with Crippen LogP contribution in [0.25, 0.3) is 0 Å². The van der Waals surface area contributed by atoms with Crippen LogP contribution in [0.3, 0.4) is 0 Å². The predicted molar refractivity (Wildman–Crippen MR) is 98.9 cm³/mol. The number of piperidine rings is 1. The monoisotopic (exact) mass is 392 g/mol. The molecule has 28 heavy (non-hydrogen) atoms. The molecule has 0 atom stereocenters. The van der Waals surface area contributed by atoms with Crippen LogP contribution in [0.4, 0.5) is 8.78 Å². The number of nitrogens with zero attached hydrogens (tertiary/aromatic N) is 2. The Bertz CT molecular complexity index is 749. The van der Waals surface area contributed by atoms with Gasteiger partial charge in [-0.15, -0.1) is 0 Å². The van der Waals surface area contributed by atoms with E-state index in [1.165, 1.54) is 0 Å². The van der Waals surface area contributed by atoms with Crippen LogP contribution >= 0.6 is 0 Å². The third kappa shape index (κ3) is 3.71. The molecule has 7 heteroatoms. The van der Waals surface area contributed by atoms with Gasteiger partial charge in [-0.2, -0.15) is 0 Å². The van der Waals surface area contributed by atoms with Crippen LogP contribution in [0.1, 0.15) is 37.7 Å². The maximum Gasteiger partial charge on any atom is 0.249 e. The number of hydrogen-bond acceptors (Lipinski definition) is 3. The van der Waals surface area contributed by atoms with Gasteiger partial charge in [0, 0.05) is 56.8 Å². The predicted octanol–water partition coefficient (Wildman–Crippen LogP) is 3.08. The number of carbonyl (C=O) groups is 2. The molecule has 3 fully saturated rings. The summed E-state index contributed by atoms with van der Waals surface area (Å²) in [4.78, 5) is 28.6. The molecule has 5 nitrogen and oxygen atoms in total. The molecular weight excluding hydrogens is 366 g/mol. The summed E-state index contributed by atoms with van der Waals surface area (Å²) < 4.78 is 31.3. The van der Waals surface area contributed by atoms with E-state index in [2.05, 4.69) is 0 Å². The van der Waals surface area contributed by atoms with E-state index in [-0.39, 0.29) is 30.1 Å². The third-order valence-corrected chi connectivity index (χ3v) is 6.51. The molecule has 1 aromatic rings. The van der Waals surface area contributed by atoms with Crippen molar-refractivity contribution in [3.05, 3.63) is 29.8 Å². The van der Waals surface area contributed by atoms with Crippen molar-refractivity contribution in [2.24, 2.45) is 11.3 Å². The minimum absolute atomic E-state index is 0.0934. The summed E-state index contributed by atoms with van der Waals surface area (Å²) in [6.07, 6.45) is 1.38. The fraction of sp³-hybridized carbons (Fsp3) is 0.619. The highest BCUT2D eigenvalue weighted by Crippen LogP contribution is 2.45. The van der Waals surface area contributed by atoms with E-state index in [0.29, 0.717) is 32.6 Å². The number of benzene rings is 1. The zero-order chi connectivity index (χ0) is 19.9. The second-order valence-electron chi connectivity index (χ2n) is 8.56. The van der Waals surface area contributed by atoms with Crippen LogP contribution in [0.15, 0.2) is 24.3 Å². The van der Waals surface area contributed by atoms with Crippen LogP contribution in [0.2, 0.25) is 0 Å². The average Bonchev–Trinajstić information content (AvgIpc) is 2.95. The van der Waals surface area contributed by atoms with E-state index in [9.17, 15) is 18.4 Å². The van der Waals surface area contributed by atoms with Crippen molar-refractivity contribution in [2.75, 3.05) is 26.7 Å². The molecule has 1 aliphatic carbocycles. The lowest BCUT2D eigenvalue weighted by Crippen LogP contribution is -2.50. The number of rotatable bonds is 4. The second kappa shape index (κ2) is 7.01. The molecule has 1 spiro atoms. The van der Waals surface area contributed by atoms with Gasteiger partial charge in [-0.1, -0.05) is 12.1 Å². The van der Waals surface area contributed by atoms with Gasteiger partial charge in [0.1, 0.15) is 5.75 Å². The second-order valence-corrected chi connectivity index (χ2v) is 8.56. The van der Waals surface area contributed by atoms with Crippen LogP contribution in [0, 0.1) is 11.3 Å². The first-order valence-corrected chi connectivity index (χ1v) is 9.87. The van der Waals surface area contributed by atoms with Gasteiger partial charge in [0.05, 0.1) is 7.11 Å². The minimum Gasteiger partial charge on any atom is -0.497 e. The van der Waals surface area contributed by atoms with Gasteiger partial charge in [-0.3, -0.25) is 9.59 Å². The lowest BCUT2D eigenvalue weighted by Gasteiger charge is -2.42. The Balaban J connectivity index is 1.32. The number of amides is 2. The van der Waals surface area contributed by atoms with Crippen molar-refractivity contribution in [1.82, 2.24) is 9.80 Å². The van der Waals surface area contributed by atoms with E-state index in [4.69, 9.17) is 4.74 Å². The van der Waals surface area contributed by atoms with Crippen molar-refractivity contribution in [3.63, 3.8) is 0 Å². The molecule has 2 heterocycles. The molecule has 2 aliphatic heterocycles. The highest BCUT2D eigenvalue weighted by Gasteiger charge is 2.51. The van der Waals surface area contributed by atoms with E-state index in [0.717, 1.165) is 24.2 Å². The summed E-state index contributed by atoms with van der Waals surface area (Å²) in [7, 11) is 1.62. The summed E-state index contributed by atoms with van der Waals surface area (Å²) in [6.45, 7) is 2.39. The van der Waals surface area contributed by atoms with Gasteiger partial charge in [0.2, 0.25) is 17.7 Å². The normalized spacial score (nSPS) is 23.8. The lowest BCUT2D eigenvalue weighted by molar-refractivity contribution is -0.161. The maximum atomic E-state index is 13.0. The molecule has 1 saturated carbocycles. The molecular formula is C21H26F2N2O3. The molecule has 2 saturated heterocycles. The van der Waals surface area contributed by atoms with Crippen molar-refractivity contribution >= 4 is 11.8 Å². The SMILES string of the molecule is COc1ccc(CN2CC3(CCN(C(=O)C4CC(F)(F)C4)CC3)CC2=O)cc1. The summed E-state index contributed by atoms with van der Waals surface area (Å²) >= 11 is 0. The summed E-state index contributed by atoms with van der Waals surface area (Å²) in [5, 5.41) is 0. The van der Waals surface area contributed by atoms with E-state index in [1.807, 2.05) is 29.2 Å². The highest BCUT2D eigenvalue weighted by molar-refractivity contribution is 5.81. The largest absolute Gasteiger partial charge is 0.497 e. The molecule has 0 aromatic heterocycles. The van der Waals surface area contributed by atoms with Crippen LogP contribution < -0.4 is 4.74 Å². The quantitative estimate of drug-likeness (QED) is 0.791. The number of hydrogen-bond donors (Lipinski definition) is 0. The molecule has 4 rings (SSSR count). The van der Waals surface area contributed by atoms with E-state index < -0.39 is 11.8 Å². The Morgan fingerprint density at radius 3 is 2.39 bits per heavy atom. The Morgan fingerprint density at radius 2 is 1.82 bits per heavy atom. The molecule has 152 valence electrons. The molecule has 1 aromatic carbocycles. The number of ether oxygens (including phenoxy) is 1. The Morgan fingerprint density at radius 1 is 1.18 bits per heavy atom. The van der Waals surface area contributed by atoms with Gasteiger partial charge in [0.15, 0.2) is 0 Å². The zero-order valence-corrected chi connectivity index (χ0v) is 16.1. The number of carbonyl (C=O) groups excluding carboxylic acids is 2. The van der Waals surface area contributed by atoms with Crippen molar-refractivity contribution in [1.29, 1.82) is 0 Å². The number of likely N-dealkylation sites (tertiary alicyclic amines) is 2. The average molecular weight is 392 g/mol. The number of methoxy groups -OCH3 is 1. The summed E-state index contributed by atoms with van der Waals surface area (Å²) in [5.74, 6) is -2.40. The molecule has 0 N–H and O–H groups in total. The van der Waals surface area contributed by atoms with Gasteiger partial charge in [0.25, 0.3) is 0 Å². The Hall–Kier alpha value is -2.18.